The Labute approximate surface area is 123 Å². The summed E-state index contributed by atoms with van der Waals surface area (Å²) < 4.78 is 5.31. The molecule has 0 spiro atoms. The number of hydrogen-bond donors (Lipinski definition) is 3. The van der Waals surface area contributed by atoms with Gasteiger partial charge in [-0.05, 0) is 33.1 Å². The lowest BCUT2D eigenvalue weighted by atomic mass is 9.95. The molecule has 8 heteroatoms. The number of ether oxygens (including phenoxy) is 1. The van der Waals surface area contributed by atoms with Crippen molar-refractivity contribution in [2.24, 2.45) is 11.7 Å². The summed E-state index contributed by atoms with van der Waals surface area (Å²) in [6, 6.07) is 0.212. The highest BCUT2D eigenvalue weighted by Crippen LogP contribution is 2.17. The maximum Gasteiger partial charge on any atom is 0.414 e. The molecule has 1 amide bonds. The molecule has 1 rings (SSSR count). The zero-order valence-corrected chi connectivity index (χ0v) is 12.8. The van der Waals surface area contributed by atoms with Crippen LogP contribution in [0, 0.1) is 5.92 Å². The summed E-state index contributed by atoms with van der Waals surface area (Å²) in [5.41, 5.74) is 5.47. The zero-order valence-electron chi connectivity index (χ0n) is 12.8. The zero-order chi connectivity index (χ0) is 16.8. The smallest absolute Gasteiger partial charge is 0.414 e. The SMILES string of the molecule is CC1CN(C(=O)OC(C)(C)C)CCC1N.O=C(O)C(=O)O. The number of carboxylic acids is 2. The van der Waals surface area contributed by atoms with Crippen molar-refractivity contribution < 1.29 is 29.3 Å². The number of nitrogens with zero attached hydrogens (tertiary/aromatic N) is 1. The molecule has 2 atom stereocenters. The third kappa shape index (κ3) is 8.13. The van der Waals surface area contributed by atoms with Gasteiger partial charge in [0.2, 0.25) is 0 Å². The minimum atomic E-state index is -1.82. The Hall–Kier alpha value is -1.83. The molecular weight excluding hydrogens is 280 g/mol. The van der Waals surface area contributed by atoms with E-state index in [1.807, 2.05) is 20.8 Å². The van der Waals surface area contributed by atoms with Crippen LogP contribution >= 0.6 is 0 Å². The van der Waals surface area contributed by atoms with Crippen LogP contribution in [0.4, 0.5) is 4.79 Å². The molecule has 1 heterocycles. The summed E-state index contributed by atoms with van der Waals surface area (Å²) in [6.45, 7) is 9.12. The van der Waals surface area contributed by atoms with Crippen LogP contribution in [0.1, 0.15) is 34.1 Å². The second kappa shape index (κ2) is 7.82. The normalized spacial score (nSPS) is 21.9. The first kappa shape index (κ1) is 19.2. The summed E-state index contributed by atoms with van der Waals surface area (Å²) in [7, 11) is 0. The van der Waals surface area contributed by atoms with E-state index in [2.05, 4.69) is 6.92 Å². The molecule has 1 saturated heterocycles. The molecule has 122 valence electrons. The van der Waals surface area contributed by atoms with Gasteiger partial charge in [-0.1, -0.05) is 6.92 Å². The molecule has 0 bridgehead atoms. The van der Waals surface area contributed by atoms with Gasteiger partial charge in [0.05, 0.1) is 0 Å². The molecule has 1 aliphatic heterocycles. The second-order valence-corrected chi connectivity index (χ2v) is 5.97. The standard InChI is InChI=1S/C11H22N2O2.C2H2O4/c1-8-7-13(6-5-9(8)12)10(14)15-11(2,3)4;3-1(4)2(5)6/h8-9H,5-7,12H2,1-4H3;(H,3,4)(H,5,6). The van der Waals surface area contributed by atoms with Crippen LogP contribution in [0.2, 0.25) is 0 Å². The summed E-state index contributed by atoms with van der Waals surface area (Å²) >= 11 is 0. The van der Waals surface area contributed by atoms with E-state index >= 15 is 0 Å². The van der Waals surface area contributed by atoms with Gasteiger partial charge in [-0.2, -0.15) is 0 Å². The van der Waals surface area contributed by atoms with Gasteiger partial charge in [0.15, 0.2) is 0 Å². The molecule has 1 fully saturated rings. The average molecular weight is 304 g/mol. The van der Waals surface area contributed by atoms with Crippen LogP contribution in [-0.2, 0) is 14.3 Å². The van der Waals surface area contributed by atoms with Gasteiger partial charge in [-0.15, -0.1) is 0 Å². The number of likely N-dealkylation sites (tertiary alicyclic amines) is 1. The second-order valence-electron chi connectivity index (χ2n) is 5.97. The lowest BCUT2D eigenvalue weighted by Gasteiger charge is -2.35. The quantitative estimate of drug-likeness (QED) is 0.563. The van der Waals surface area contributed by atoms with Crippen LogP contribution in [0.3, 0.4) is 0 Å². The molecular formula is C13H24N2O6. The monoisotopic (exact) mass is 304 g/mol. The van der Waals surface area contributed by atoms with Gasteiger partial charge in [0.1, 0.15) is 5.60 Å². The average Bonchev–Trinajstić information content (AvgIpc) is 2.31. The fourth-order valence-corrected chi connectivity index (χ4v) is 1.66. The number of carboxylic acid groups (broad SMARTS) is 2. The molecule has 0 aliphatic carbocycles. The largest absolute Gasteiger partial charge is 0.473 e. The first-order valence-corrected chi connectivity index (χ1v) is 6.63. The number of nitrogens with two attached hydrogens (primary N) is 1. The molecule has 4 N–H and O–H groups in total. The van der Waals surface area contributed by atoms with E-state index in [-0.39, 0.29) is 12.1 Å². The van der Waals surface area contributed by atoms with Crippen LogP contribution in [0.15, 0.2) is 0 Å². The van der Waals surface area contributed by atoms with Gasteiger partial charge >= 0.3 is 18.0 Å². The number of carbonyl (C=O) groups is 3. The lowest BCUT2D eigenvalue weighted by molar-refractivity contribution is -0.159. The number of carbonyl (C=O) groups excluding carboxylic acids is 1. The van der Waals surface area contributed by atoms with Crippen LogP contribution in [-0.4, -0.2) is 57.9 Å². The summed E-state index contributed by atoms with van der Waals surface area (Å²) in [5, 5.41) is 14.8. The van der Waals surface area contributed by atoms with E-state index in [0.29, 0.717) is 19.0 Å². The van der Waals surface area contributed by atoms with Crippen molar-refractivity contribution in [2.75, 3.05) is 13.1 Å². The Morgan fingerprint density at radius 3 is 2.00 bits per heavy atom. The minimum Gasteiger partial charge on any atom is -0.473 e. The maximum absolute atomic E-state index is 11.7. The maximum atomic E-state index is 11.7. The van der Waals surface area contributed by atoms with Crippen molar-refractivity contribution in [1.29, 1.82) is 0 Å². The van der Waals surface area contributed by atoms with Crippen molar-refractivity contribution in [1.82, 2.24) is 4.90 Å². The number of rotatable bonds is 0. The first-order valence-electron chi connectivity index (χ1n) is 6.63. The Kier molecular flexibility index (Phi) is 7.14. The van der Waals surface area contributed by atoms with Crippen molar-refractivity contribution in [3.05, 3.63) is 0 Å². The summed E-state index contributed by atoms with van der Waals surface area (Å²) in [5.74, 6) is -3.30. The molecule has 0 aromatic heterocycles. The van der Waals surface area contributed by atoms with E-state index in [0.717, 1.165) is 6.42 Å². The lowest BCUT2D eigenvalue weighted by Crippen LogP contribution is -2.49. The van der Waals surface area contributed by atoms with Gasteiger partial charge in [-0.25, -0.2) is 14.4 Å². The van der Waals surface area contributed by atoms with Gasteiger partial charge in [0, 0.05) is 19.1 Å². The molecule has 0 aromatic carbocycles. The van der Waals surface area contributed by atoms with Gasteiger partial charge < -0.3 is 25.6 Å². The third-order valence-corrected chi connectivity index (χ3v) is 2.81. The number of aliphatic carboxylic acids is 2. The molecule has 2 unspecified atom stereocenters. The Bertz CT molecular complexity index is 379. The van der Waals surface area contributed by atoms with Crippen LogP contribution in [0.5, 0.6) is 0 Å². The fourth-order valence-electron chi connectivity index (χ4n) is 1.66. The first-order chi connectivity index (χ1) is 9.44. The van der Waals surface area contributed by atoms with E-state index < -0.39 is 17.5 Å². The number of hydrogen-bond acceptors (Lipinski definition) is 5. The van der Waals surface area contributed by atoms with E-state index in [1.165, 1.54) is 0 Å². The van der Waals surface area contributed by atoms with Gasteiger partial charge in [0.25, 0.3) is 0 Å². The number of piperidine rings is 1. The fraction of sp³-hybridized carbons (Fsp3) is 0.769. The van der Waals surface area contributed by atoms with Crippen molar-refractivity contribution in [3.8, 4) is 0 Å². The third-order valence-electron chi connectivity index (χ3n) is 2.81. The van der Waals surface area contributed by atoms with Crippen molar-refractivity contribution >= 4 is 18.0 Å². The summed E-state index contributed by atoms with van der Waals surface area (Å²) in [4.78, 5) is 31.7. The predicted molar refractivity (Wildman–Crippen MR) is 74.8 cm³/mol. The topological polar surface area (TPSA) is 130 Å². The molecule has 0 saturated carbocycles. The molecule has 0 aromatic rings. The van der Waals surface area contributed by atoms with Crippen LogP contribution in [0.25, 0.3) is 0 Å². The predicted octanol–water partition coefficient (Wildman–Crippen LogP) is 0.746. The van der Waals surface area contributed by atoms with E-state index in [1.54, 1.807) is 4.90 Å². The Morgan fingerprint density at radius 2 is 1.67 bits per heavy atom. The Balaban J connectivity index is 0.000000567. The van der Waals surface area contributed by atoms with E-state index in [4.69, 9.17) is 30.3 Å². The highest BCUT2D eigenvalue weighted by Gasteiger charge is 2.29. The van der Waals surface area contributed by atoms with Crippen molar-refractivity contribution in [3.63, 3.8) is 0 Å². The van der Waals surface area contributed by atoms with Crippen molar-refractivity contribution in [2.45, 2.75) is 45.8 Å². The van der Waals surface area contributed by atoms with E-state index in [9.17, 15) is 4.79 Å². The minimum absolute atomic E-state index is 0.212. The highest BCUT2D eigenvalue weighted by molar-refractivity contribution is 6.27. The van der Waals surface area contributed by atoms with Crippen LogP contribution < -0.4 is 5.73 Å². The Morgan fingerprint density at radius 1 is 1.19 bits per heavy atom. The molecule has 8 nitrogen and oxygen atoms in total. The molecule has 21 heavy (non-hydrogen) atoms. The molecule has 0 radical (unpaired) electrons. The molecule has 1 aliphatic rings. The highest BCUT2D eigenvalue weighted by atomic mass is 16.6. The van der Waals surface area contributed by atoms with Gasteiger partial charge in [-0.3, -0.25) is 0 Å². The summed E-state index contributed by atoms with van der Waals surface area (Å²) in [6.07, 6.45) is 0.640. The number of amides is 1.